The van der Waals surface area contributed by atoms with E-state index in [9.17, 15) is 4.79 Å². The van der Waals surface area contributed by atoms with Crippen molar-refractivity contribution in [3.8, 4) is 5.69 Å². The molecule has 1 heterocycles. The first-order chi connectivity index (χ1) is 12.0. The molecule has 4 N–H and O–H groups in total. The minimum atomic E-state index is -0.832. The molecule has 0 aliphatic heterocycles. The average molecular weight is 379 g/mol. The third-order valence-electron chi connectivity index (χ3n) is 3.91. The highest BCUT2D eigenvalue weighted by molar-refractivity contribution is 6.42. The number of hydroxylamine groups is 1. The summed E-state index contributed by atoms with van der Waals surface area (Å²) in [5.41, 5.74) is 9.75. The number of para-hydroxylation sites is 1. The lowest BCUT2D eigenvalue weighted by molar-refractivity contribution is -0.130. The summed E-state index contributed by atoms with van der Waals surface area (Å²) in [7, 11) is 0. The molecule has 2 aromatic carbocycles. The van der Waals surface area contributed by atoms with Crippen molar-refractivity contribution in [2.45, 2.75) is 18.9 Å². The van der Waals surface area contributed by atoms with Crippen LogP contribution in [0.2, 0.25) is 10.0 Å². The number of nitrogens with one attached hydrogen (secondary N) is 1. The van der Waals surface area contributed by atoms with Gasteiger partial charge in [0.2, 0.25) is 0 Å². The Morgan fingerprint density at radius 1 is 1.24 bits per heavy atom. The van der Waals surface area contributed by atoms with Gasteiger partial charge in [0.25, 0.3) is 5.91 Å². The average Bonchev–Trinajstić information content (AvgIpc) is 2.97. The summed E-state index contributed by atoms with van der Waals surface area (Å²) in [4.78, 5) is 16.0. The number of nitrogens with zero attached hydrogens (tertiary/aromatic N) is 2. The van der Waals surface area contributed by atoms with Crippen molar-refractivity contribution in [2.24, 2.45) is 5.73 Å². The number of halogens is 2. The van der Waals surface area contributed by atoms with Crippen molar-refractivity contribution in [2.75, 3.05) is 0 Å². The lowest BCUT2D eigenvalue weighted by atomic mass is 10.1. The minimum Gasteiger partial charge on any atom is -0.320 e. The second-order valence-corrected chi connectivity index (χ2v) is 6.39. The Balaban J connectivity index is 2.06. The number of amides is 1. The molecular formula is C17H16Cl2N4O2. The number of benzene rings is 2. The Morgan fingerprint density at radius 2 is 1.92 bits per heavy atom. The maximum Gasteiger partial charge on any atom is 0.260 e. The molecule has 0 aliphatic carbocycles. The zero-order valence-electron chi connectivity index (χ0n) is 13.1. The highest BCUT2D eigenvalue weighted by Crippen LogP contribution is 2.30. The molecule has 1 atom stereocenters. The van der Waals surface area contributed by atoms with Gasteiger partial charge in [0.1, 0.15) is 5.82 Å². The number of hydrogen-bond donors (Lipinski definition) is 3. The summed E-state index contributed by atoms with van der Waals surface area (Å²) in [6.45, 7) is 0. The largest absolute Gasteiger partial charge is 0.320 e. The molecule has 0 unspecified atom stereocenters. The lowest BCUT2D eigenvalue weighted by Gasteiger charge is -2.12. The van der Waals surface area contributed by atoms with Crippen LogP contribution in [0.15, 0.2) is 42.5 Å². The van der Waals surface area contributed by atoms with Crippen LogP contribution in [0.25, 0.3) is 16.7 Å². The second-order valence-electron chi connectivity index (χ2n) is 5.58. The highest BCUT2D eigenvalue weighted by Gasteiger charge is 2.18. The molecule has 25 heavy (non-hydrogen) atoms. The van der Waals surface area contributed by atoms with Crippen LogP contribution in [0.5, 0.6) is 0 Å². The van der Waals surface area contributed by atoms with E-state index in [0.29, 0.717) is 28.4 Å². The number of rotatable bonds is 5. The van der Waals surface area contributed by atoms with E-state index in [-0.39, 0.29) is 0 Å². The Morgan fingerprint density at radius 3 is 2.60 bits per heavy atom. The number of carbonyl (C=O) groups excluding carboxylic acids is 1. The van der Waals surface area contributed by atoms with E-state index < -0.39 is 11.9 Å². The molecule has 0 fully saturated rings. The summed E-state index contributed by atoms with van der Waals surface area (Å²) in [5.74, 6) is 0.0918. The molecule has 0 saturated carbocycles. The molecule has 0 aliphatic rings. The van der Waals surface area contributed by atoms with Crippen molar-refractivity contribution >= 4 is 40.1 Å². The van der Waals surface area contributed by atoms with Crippen molar-refractivity contribution in [1.82, 2.24) is 15.0 Å². The molecule has 0 spiro atoms. The van der Waals surface area contributed by atoms with Crippen LogP contribution in [0.4, 0.5) is 0 Å². The van der Waals surface area contributed by atoms with Gasteiger partial charge in [0, 0.05) is 12.1 Å². The molecule has 6 nitrogen and oxygen atoms in total. The summed E-state index contributed by atoms with van der Waals surface area (Å²) >= 11 is 12.3. The topological polar surface area (TPSA) is 93.2 Å². The zero-order chi connectivity index (χ0) is 18.0. The van der Waals surface area contributed by atoms with Crippen LogP contribution < -0.4 is 11.2 Å². The Hall–Kier alpha value is -2.12. The van der Waals surface area contributed by atoms with Gasteiger partial charge in [-0.3, -0.25) is 14.6 Å². The fraction of sp³-hybridized carbons (Fsp3) is 0.176. The molecule has 3 aromatic rings. The smallest absolute Gasteiger partial charge is 0.260 e. The maximum absolute atomic E-state index is 11.4. The van der Waals surface area contributed by atoms with E-state index in [2.05, 4.69) is 4.98 Å². The molecule has 1 aromatic heterocycles. The van der Waals surface area contributed by atoms with Crippen LogP contribution in [-0.4, -0.2) is 26.7 Å². The summed E-state index contributed by atoms with van der Waals surface area (Å²) in [6.07, 6.45) is 0.761. The molecule has 1 amide bonds. The molecule has 0 radical (unpaired) electrons. The molecule has 3 rings (SSSR count). The van der Waals surface area contributed by atoms with Gasteiger partial charge in [-0.25, -0.2) is 10.5 Å². The van der Waals surface area contributed by atoms with Crippen LogP contribution in [0, 0.1) is 0 Å². The Kier molecular flexibility index (Phi) is 5.24. The standard InChI is InChI=1S/C17H16Cl2N4O2/c18-11-8-14-15(9-12(11)19)23(10-4-2-1-3-5-10)16(21-14)7-6-13(20)17(24)22-25/h1-5,8-9,13,25H,6-7,20H2,(H,22,24)/t13-/m0/s1. The predicted molar refractivity (Wildman–Crippen MR) is 97.3 cm³/mol. The number of carbonyl (C=O) groups is 1. The first-order valence-electron chi connectivity index (χ1n) is 7.62. The SMILES string of the molecule is N[C@@H](CCc1nc2cc(Cl)c(Cl)cc2n1-c1ccccc1)C(=O)NO. The number of aromatic nitrogens is 2. The molecule has 0 bridgehead atoms. The Labute approximate surface area is 154 Å². The first-order valence-corrected chi connectivity index (χ1v) is 8.38. The maximum atomic E-state index is 11.4. The fourth-order valence-corrected chi connectivity index (χ4v) is 2.97. The van der Waals surface area contributed by atoms with Crippen LogP contribution in [0.3, 0.4) is 0 Å². The Bertz CT molecular complexity index is 912. The highest BCUT2D eigenvalue weighted by atomic mass is 35.5. The van der Waals surface area contributed by atoms with E-state index in [1.165, 1.54) is 0 Å². The van der Waals surface area contributed by atoms with E-state index in [1.807, 2.05) is 34.9 Å². The van der Waals surface area contributed by atoms with Crippen molar-refractivity contribution in [1.29, 1.82) is 0 Å². The predicted octanol–water partition coefficient (Wildman–Crippen LogP) is 3.10. The number of hydrogen-bond acceptors (Lipinski definition) is 4. The van der Waals surface area contributed by atoms with Gasteiger partial charge in [-0.2, -0.15) is 0 Å². The number of nitrogens with two attached hydrogens (primary N) is 1. The van der Waals surface area contributed by atoms with Gasteiger partial charge < -0.3 is 5.73 Å². The number of imidazole rings is 1. The van der Waals surface area contributed by atoms with Crippen molar-refractivity contribution in [3.05, 3.63) is 58.3 Å². The van der Waals surface area contributed by atoms with Gasteiger partial charge in [0.15, 0.2) is 0 Å². The van der Waals surface area contributed by atoms with Gasteiger partial charge in [-0.05, 0) is 30.7 Å². The lowest BCUT2D eigenvalue weighted by Crippen LogP contribution is -2.39. The van der Waals surface area contributed by atoms with Crippen molar-refractivity contribution < 1.29 is 10.0 Å². The minimum absolute atomic E-state index is 0.323. The van der Waals surface area contributed by atoms with E-state index in [0.717, 1.165) is 17.0 Å². The van der Waals surface area contributed by atoms with Crippen molar-refractivity contribution in [3.63, 3.8) is 0 Å². The van der Waals surface area contributed by atoms with Crippen LogP contribution >= 0.6 is 23.2 Å². The fourth-order valence-electron chi connectivity index (χ4n) is 2.65. The molecule has 0 saturated heterocycles. The first kappa shape index (κ1) is 17.7. The number of fused-ring (bicyclic) bond motifs is 1. The quantitative estimate of drug-likeness (QED) is 0.469. The molecule has 130 valence electrons. The van der Waals surface area contributed by atoms with Gasteiger partial charge in [-0.15, -0.1) is 0 Å². The third-order valence-corrected chi connectivity index (χ3v) is 4.63. The van der Waals surface area contributed by atoms with Crippen LogP contribution in [0.1, 0.15) is 12.2 Å². The zero-order valence-corrected chi connectivity index (χ0v) is 14.6. The summed E-state index contributed by atoms with van der Waals surface area (Å²) < 4.78 is 1.96. The van der Waals surface area contributed by atoms with Gasteiger partial charge >= 0.3 is 0 Å². The van der Waals surface area contributed by atoms with Gasteiger partial charge in [0.05, 0.1) is 27.1 Å². The van der Waals surface area contributed by atoms with Gasteiger partial charge in [-0.1, -0.05) is 41.4 Å². The van der Waals surface area contributed by atoms with Crippen LogP contribution in [-0.2, 0) is 11.2 Å². The molecular weight excluding hydrogens is 363 g/mol. The second kappa shape index (κ2) is 7.41. The summed E-state index contributed by atoms with van der Waals surface area (Å²) in [5, 5.41) is 9.55. The normalized spacial score (nSPS) is 12.3. The van der Waals surface area contributed by atoms with E-state index >= 15 is 0 Å². The third kappa shape index (κ3) is 3.62. The summed E-state index contributed by atoms with van der Waals surface area (Å²) in [6, 6.07) is 12.3. The molecule has 8 heteroatoms. The monoisotopic (exact) mass is 378 g/mol. The number of aryl methyl sites for hydroxylation is 1. The van der Waals surface area contributed by atoms with E-state index in [1.54, 1.807) is 17.6 Å². The van der Waals surface area contributed by atoms with E-state index in [4.69, 9.17) is 34.1 Å².